The summed E-state index contributed by atoms with van der Waals surface area (Å²) in [4.78, 5) is 11.5. The molecule has 0 bridgehead atoms. The van der Waals surface area contributed by atoms with Gasteiger partial charge in [0.05, 0.1) is 31.0 Å². The number of carbonyl (C=O) groups is 1. The van der Waals surface area contributed by atoms with Gasteiger partial charge in [-0.1, -0.05) is 12.1 Å². The third-order valence-electron chi connectivity index (χ3n) is 2.80. The van der Waals surface area contributed by atoms with Crippen molar-refractivity contribution in [2.24, 2.45) is 0 Å². The Morgan fingerprint density at radius 1 is 1.55 bits per heavy atom. The molecule has 0 spiro atoms. The predicted octanol–water partition coefficient (Wildman–Crippen LogP) is 1.38. The van der Waals surface area contributed by atoms with E-state index in [1.807, 2.05) is 0 Å². The molecule has 2 aromatic rings. The lowest BCUT2D eigenvalue weighted by Crippen LogP contribution is -2.09. The Hall–Kier alpha value is -2.34. The molecule has 2 rings (SSSR count). The van der Waals surface area contributed by atoms with Gasteiger partial charge in [-0.3, -0.25) is 4.68 Å². The molecule has 6 nitrogen and oxygen atoms in total. The second-order valence-electron chi connectivity index (χ2n) is 4.36. The van der Waals surface area contributed by atoms with Gasteiger partial charge in [-0.05, 0) is 24.6 Å². The van der Waals surface area contributed by atoms with Crippen LogP contribution in [0.4, 0.5) is 5.69 Å². The lowest BCUT2D eigenvalue weighted by atomic mass is 10.1. The van der Waals surface area contributed by atoms with Crippen molar-refractivity contribution in [3.05, 3.63) is 47.8 Å². The Morgan fingerprint density at radius 2 is 2.35 bits per heavy atom. The number of aliphatic hydroxyl groups excluding tert-OH is 1. The molecule has 0 aliphatic heterocycles. The summed E-state index contributed by atoms with van der Waals surface area (Å²) in [5.41, 5.74) is 7.34. The van der Waals surface area contributed by atoms with Crippen LogP contribution in [0.2, 0.25) is 0 Å². The molecule has 20 heavy (non-hydrogen) atoms. The van der Waals surface area contributed by atoms with Gasteiger partial charge in [0, 0.05) is 11.9 Å². The van der Waals surface area contributed by atoms with Crippen molar-refractivity contribution in [3.63, 3.8) is 0 Å². The number of hydrogen-bond acceptors (Lipinski definition) is 5. The molecule has 0 saturated carbocycles. The van der Waals surface area contributed by atoms with E-state index in [0.29, 0.717) is 23.4 Å². The second-order valence-corrected chi connectivity index (χ2v) is 4.36. The number of rotatable bonds is 5. The zero-order valence-electron chi connectivity index (χ0n) is 11.2. The van der Waals surface area contributed by atoms with Crippen LogP contribution in [0.3, 0.4) is 0 Å². The first-order valence-corrected chi connectivity index (χ1v) is 6.33. The monoisotopic (exact) mass is 275 g/mol. The van der Waals surface area contributed by atoms with Crippen molar-refractivity contribution >= 4 is 11.7 Å². The van der Waals surface area contributed by atoms with Crippen LogP contribution in [0.15, 0.2) is 36.7 Å². The van der Waals surface area contributed by atoms with E-state index in [0.717, 1.165) is 0 Å². The summed E-state index contributed by atoms with van der Waals surface area (Å²) in [6.07, 6.45) is 2.23. The Bertz CT molecular complexity index is 595. The van der Waals surface area contributed by atoms with Crippen molar-refractivity contribution < 1.29 is 14.6 Å². The van der Waals surface area contributed by atoms with Gasteiger partial charge >= 0.3 is 5.97 Å². The number of nitrogens with two attached hydrogens (primary N) is 1. The minimum atomic E-state index is -0.742. The highest BCUT2D eigenvalue weighted by atomic mass is 16.5. The number of carbonyl (C=O) groups excluding carboxylic acids is 1. The van der Waals surface area contributed by atoms with Crippen LogP contribution < -0.4 is 5.73 Å². The second kappa shape index (κ2) is 6.21. The van der Waals surface area contributed by atoms with Crippen LogP contribution in [-0.2, 0) is 11.3 Å². The highest BCUT2D eigenvalue weighted by molar-refractivity contribution is 5.88. The number of ether oxygens (including phenoxy) is 1. The molecular weight excluding hydrogens is 258 g/mol. The summed E-state index contributed by atoms with van der Waals surface area (Å²) in [5.74, 6) is -0.419. The average molecular weight is 275 g/mol. The average Bonchev–Trinajstić information content (AvgIpc) is 2.87. The van der Waals surface area contributed by atoms with E-state index in [1.165, 1.54) is 10.9 Å². The fraction of sp³-hybridized carbons (Fsp3) is 0.286. The third kappa shape index (κ3) is 3.36. The largest absolute Gasteiger partial charge is 0.462 e. The van der Waals surface area contributed by atoms with E-state index >= 15 is 0 Å². The van der Waals surface area contributed by atoms with Crippen LogP contribution in [0.25, 0.3) is 0 Å². The summed E-state index contributed by atoms with van der Waals surface area (Å²) < 4.78 is 6.38. The van der Waals surface area contributed by atoms with Gasteiger partial charge in [-0.15, -0.1) is 0 Å². The summed E-state index contributed by atoms with van der Waals surface area (Å²) in [6, 6.07) is 7.03. The standard InChI is InChI=1S/C14H17N3O3/c1-2-20-14(19)11-7-16-17(8-11)9-13(18)10-4-3-5-12(15)6-10/h3-8,13,18H,2,9,15H2,1H3. The molecule has 0 aliphatic carbocycles. The normalized spacial score (nSPS) is 12.1. The number of aliphatic hydroxyl groups is 1. The Labute approximate surface area is 116 Å². The first kappa shape index (κ1) is 14.1. The molecule has 0 fully saturated rings. The summed E-state index contributed by atoms with van der Waals surface area (Å²) in [7, 11) is 0. The van der Waals surface area contributed by atoms with E-state index in [9.17, 15) is 9.90 Å². The van der Waals surface area contributed by atoms with Crippen molar-refractivity contribution in [2.45, 2.75) is 19.6 Å². The molecule has 0 saturated heterocycles. The van der Waals surface area contributed by atoms with Gasteiger partial charge in [0.1, 0.15) is 0 Å². The maximum atomic E-state index is 11.5. The maximum absolute atomic E-state index is 11.5. The number of nitrogen functional groups attached to an aromatic ring is 1. The molecule has 1 heterocycles. The lowest BCUT2D eigenvalue weighted by molar-refractivity contribution is 0.0526. The van der Waals surface area contributed by atoms with Gasteiger partial charge in [0.2, 0.25) is 0 Å². The van der Waals surface area contributed by atoms with E-state index in [4.69, 9.17) is 10.5 Å². The van der Waals surface area contributed by atoms with Gasteiger partial charge in [0.15, 0.2) is 0 Å². The smallest absolute Gasteiger partial charge is 0.341 e. The van der Waals surface area contributed by atoms with Crippen LogP contribution in [0.5, 0.6) is 0 Å². The maximum Gasteiger partial charge on any atom is 0.341 e. The molecule has 1 atom stereocenters. The number of anilines is 1. The van der Waals surface area contributed by atoms with Crippen LogP contribution in [0.1, 0.15) is 28.9 Å². The molecular formula is C14H17N3O3. The number of hydrogen-bond donors (Lipinski definition) is 2. The Kier molecular flexibility index (Phi) is 4.37. The third-order valence-corrected chi connectivity index (χ3v) is 2.80. The highest BCUT2D eigenvalue weighted by Crippen LogP contribution is 2.17. The molecule has 3 N–H and O–H groups in total. The topological polar surface area (TPSA) is 90.4 Å². The van der Waals surface area contributed by atoms with Gasteiger partial charge in [-0.2, -0.15) is 5.10 Å². The van der Waals surface area contributed by atoms with Gasteiger partial charge in [-0.25, -0.2) is 4.79 Å². The first-order chi connectivity index (χ1) is 9.60. The molecule has 1 aromatic heterocycles. The van der Waals surface area contributed by atoms with Gasteiger partial charge < -0.3 is 15.6 Å². The Morgan fingerprint density at radius 3 is 3.05 bits per heavy atom. The van der Waals surface area contributed by atoms with Crippen LogP contribution in [-0.4, -0.2) is 27.5 Å². The van der Waals surface area contributed by atoms with Gasteiger partial charge in [0.25, 0.3) is 0 Å². The van der Waals surface area contributed by atoms with Crippen molar-refractivity contribution in [3.8, 4) is 0 Å². The number of nitrogens with zero attached hydrogens (tertiary/aromatic N) is 2. The van der Waals surface area contributed by atoms with Crippen LogP contribution >= 0.6 is 0 Å². The summed E-state index contributed by atoms with van der Waals surface area (Å²) in [6.45, 7) is 2.30. The quantitative estimate of drug-likeness (QED) is 0.635. The SMILES string of the molecule is CCOC(=O)c1cnn(CC(O)c2cccc(N)c2)c1. The van der Waals surface area contributed by atoms with Crippen molar-refractivity contribution in [1.29, 1.82) is 0 Å². The molecule has 1 aromatic carbocycles. The molecule has 106 valence electrons. The summed E-state index contributed by atoms with van der Waals surface area (Å²) >= 11 is 0. The lowest BCUT2D eigenvalue weighted by Gasteiger charge is -2.11. The molecule has 0 radical (unpaired) electrons. The molecule has 0 aliphatic rings. The Balaban J connectivity index is 2.05. The summed E-state index contributed by atoms with van der Waals surface area (Å²) in [5, 5.41) is 14.1. The van der Waals surface area contributed by atoms with E-state index < -0.39 is 12.1 Å². The minimum Gasteiger partial charge on any atom is -0.462 e. The van der Waals surface area contributed by atoms with Crippen LogP contribution in [0, 0.1) is 0 Å². The first-order valence-electron chi connectivity index (χ1n) is 6.33. The zero-order chi connectivity index (χ0) is 14.5. The molecule has 6 heteroatoms. The number of aromatic nitrogens is 2. The van der Waals surface area contributed by atoms with E-state index in [1.54, 1.807) is 37.4 Å². The fourth-order valence-electron chi connectivity index (χ4n) is 1.83. The highest BCUT2D eigenvalue weighted by Gasteiger charge is 2.13. The number of esters is 1. The van der Waals surface area contributed by atoms with E-state index in [2.05, 4.69) is 5.10 Å². The zero-order valence-corrected chi connectivity index (χ0v) is 11.2. The van der Waals surface area contributed by atoms with E-state index in [-0.39, 0.29) is 6.54 Å². The number of benzene rings is 1. The predicted molar refractivity (Wildman–Crippen MR) is 74.0 cm³/mol. The fourth-order valence-corrected chi connectivity index (χ4v) is 1.83. The molecule has 0 amide bonds. The van der Waals surface area contributed by atoms with Crippen molar-refractivity contribution in [2.75, 3.05) is 12.3 Å². The minimum absolute atomic E-state index is 0.239. The van der Waals surface area contributed by atoms with Crippen molar-refractivity contribution in [1.82, 2.24) is 9.78 Å². The molecule has 1 unspecified atom stereocenters.